The number of rotatable bonds is 15. The Labute approximate surface area is 143 Å². The maximum atomic E-state index is 11.0. The Morgan fingerprint density at radius 1 is 0.875 bits per heavy atom. The van der Waals surface area contributed by atoms with E-state index in [-0.39, 0.29) is 0 Å². The SMILES string of the molecule is CCCCCCCCC/C=C/[N+](CC(=O)[O-])(CC(=O)O)CC(=O)O. The van der Waals surface area contributed by atoms with Gasteiger partial charge in [-0.05, 0) is 18.9 Å². The number of hydrogen-bond donors (Lipinski definition) is 2. The highest BCUT2D eigenvalue weighted by molar-refractivity contribution is 5.72. The molecule has 0 radical (unpaired) electrons. The Hall–Kier alpha value is -1.89. The molecule has 0 aromatic carbocycles. The minimum Gasteiger partial charge on any atom is -0.544 e. The molecule has 138 valence electrons. The van der Waals surface area contributed by atoms with Gasteiger partial charge in [0, 0.05) is 0 Å². The number of nitrogens with zero attached hydrogens (tertiary/aromatic N) is 1. The summed E-state index contributed by atoms with van der Waals surface area (Å²) in [5.74, 6) is -3.98. The molecule has 0 bridgehead atoms. The number of carboxylic acid groups (broad SMARTS) is 3. The first-order chi connectivity index (χ1) is 11.3. The average molecular weight is 343 g/mol. The molecular weight excluding hydrogens is 314 g/mol. The molecule has 7 heteroatoms. The molecule has 0 aromatic heterocycles. The Kier molecular flexibility index (Phi) is 11.5. The molecular formula is C17H29NO6. The average Bonchev–Trinajstić information content (AvgIpc) is 2.43. The topological polar surface area (TPSA) is 115 Å². The lowest BCUT2D eigenvalue weighted by Crippen LogP contribution is -2.55. The summed E-state index contributed by atoms with van der Waals surface area (Å²) in [7, 11) is 0. The second kappa shape index (κ2) is 12.5. The van der Waals surface area contributed by atoms with Crippen molar-refractivity contribution in [3.8, 4) is 0 Å². The van der Waals surface area contributed by atoms with Crippen LogP contribution in [0.1, 0.15) is 58.3 Å². The van der Waals surface area contributed by atoms with E-state index >= 15 is 0 Å². The summed E-state index contributed by atoms with van der Waals surface area (Å²) in [6, 6.07) is 0. The van der Waals surface area contributed by atoms with Crippen LogP contribution in [0.2, 0.25) is 0 Å². The first-order valence-corrected chi connectivity index (χ1v) is 8.48. The van der Waals surface area contributed by atoms with Crippen molar-refractivity contribution in [3.63, 3.8) is 0 Å². The van der Waals surface area contributed by atoms with Crippen molar-refractivity contribution in [2.45, 2.75) is 58.3 Å². The summed E-state index contributed by atoms with van der Waals surface area (Å²) >= 11 is 0. The van der Waals surface area contributed by atoms with Crippen molar-refractivity contribution < 1.29 is 34.2 Å². The fourth-order valence-electron chi connectivity index (χ4n) is 2.64. The van der Waals surface area contributed by atoms with Crippen LogP contribution in [0.4, 0.5) is 0 Å². The highest BCUT2D eigenvalue weighted by atomic mass is 16.4. The molecule has 0 aliphatic carbocycles. The molecule has 0 saturated heterocycles. The molecule has 0 aliphatic rings. The van der Waals surface area contributed by atoms with E-state index in [4.69, 9.17) is 10.2 Å². The molecule has 0 saturated carbocycles. The Morgan fingerprint density at radius 3 is 1.83 bits per heavy atom. The smallest absolute Gasteiger partial charge is 0.359 e. The van der Waals surface area contributed by atoms with Crippen molar-refractivity contribution in [1.82, 2.24) is 0 Å². The van der Waals surface area contributed by atoms with Gasteiger partial charge in [-0.3, -0.25) is 4.48 Å². The minimum absolute atomic E-state index is 0.603. The molecule has 0 amide bonds. The number of hydrogen-bond acceptors (Lipinski definition) is 4. The summed E-state index contributed by atoms with van der Waals surface area (Å²) in [6.07, 6.45) is 11.7. The zero-order valence-corrected chi connectivity index (χ0v) is 14.4. The lowest BCUT2D eigenvalue weighted by molar-refractivity contribution is -0.859. The van der Waals surface area contributed by atoms with Crippen LogP contribution in [0.5, 0.6) is 0 Å². The first kappa shape index (κ1) is 22.1. The minimum atomic E-state index is -1.47. The van der Waals surface area contributed by atoms with E-state index in [0.29, 0.717) is 6.42 Å². The van der Waals surface area contributed by atoms with Crippen molar-refractivity contribution in [2.24, 2.45) is 0 Å². The van der Waals surface area contributed by atoms with Crippen LogP contribution in [0.15, 0.2) is 12.3 Å². The van der Waals surface area contributed by atoms with E-state index in [1.807, 2.05) is 0 Å². The van der Waals surface area contributed by atoms with Crippen molar-refractivity contribution in [2.75, 3.05) is 19.6 Å². The summed E-state index contributed by atoms with van der Waals surface area (Å²) in [5, 5.41) is 28.8. The number of unbranched alkanes of at least 4 members (excludes halogenated alkanes) is 7. The Morgan fingerprint density at radius 2 is 1.38 bits per heavy atom. The largest absolute Gasteiger partial charge is 0.544 e. The lowest BCUT2D eigenvalue weighted by Gasteiger charge is -2.32. The fourth-order valence-corrected chi connectivity index (χ4v) is 2.64. The van der Waals surface area contributed by atoms with E-state index in [9.17, 15) is 19.5 Å². The predicted octanol–water partition coefficient (Wildman–Crippen LogP) is 1.38. The second-order valence-electron chi connectivity index (χ2n) is 6.15. The third kappa shape index (κ3) is 11.6. The van der Waals surface area contributed by atoms with E-state index in [1.54, 1.807) is 6.08 Å². The van der Waals surface area contributed by atoms with Crippen LogP contribution in [0, 0.1) is 0 Å². The standard InChI is InChI=1S/C17H29NO6/c1-2-3-4-5-6-7-8-9-10-11-18(12-15(19)20,13-16(21)22)14-17(23)24/h10-11H,2-9,12-14H2,1H3,(H2-,19,20,21,22,23,24)/b11-10+. The van der Waals surface area contributed by atoms with Crippen LogP contribution in [0.3, 0.4) is 0 Å². The van der Waals surface area contributed by atoms with Gasteiger partial charge in [0.05, 0.1) is 12.2 Å². The van der Waals surface area contributed by atoms with Crippen LogP contribution < -0.4 is 5.11 Å². The molecule has 2 N–H and O–H groups in total. The fraction of sp³-hybridized carbons (Fsp3) is 0.706. The third-order valence-corrected chi connectivity index (χ3v) is 3.74. The number of quaternary nitrogens is 1. The van der Waals surface area contributed by atoms with Crippen LogP contribution in [-0.2, 0) is 14.4 Å². The number of aliphatic carboxylic acids is 3. The molecule has 0 atom stereocenters. The summed E-state index contributed by atoms with van der Waals surface area (Å²) in [4.78, 5) is 32.9. The van der Waals surface area contributed by atoms with Crippen LogP contribution >= 0.6 is 0 Å². The number of allylic oxidation sites excluding steroid dienone is 1. The van der Waals surface area contributed by atoms with Gasteiger partial charge in [-0.15, -0.1) is 0 Å². The molecule has 24 heavy (non-hydrogen) atoms. The maximum Gasteiger partial charge on any atom is 0.359 e. The molecule has 0 unspecified atom stereocenters. The van der Waals surface area contributed by atoms with Gasteiger partial charge < -0.3 is 20.1 Å². The summed E-state index contributed by atoms with van der Waals surface area (Å²) in [6.45, 7) is 0.282. The van der Waals surface area contributed by atoms with E-state index in [0.717, 1.165) is 19.3 Å². The maximum absolute atomic E-state index is 11.0. The number of carboxylic acids is 3. The Balaban J connectivity index is 4.53. The summed E-state index contributed by atoms with van der Waals surface area (Å²) < 4.78 is -0.677. The molecule has 7 nitrogen and oxygen atoms in total. The van der Waals surface area contributed by atoms with Gasteiger partial charge in [0.1, 0.15) is 6.54 Å². The van der Waals surface area contributed by atoms with Gasteiger partial charge in [0.2, 0.25) is 0 Å². The summed E-state index contributed by atoms with van der Waals surface area (Å²) in [5.41, 5.74) is 0. The molecule has 0 spiro atoms. The quantitative estimate of drug-likeness (QED) is 0.343. The third-order valence-electron chi connectivity index (χ3n) is 3.74. The van der Waals surface area contributed by atoms with Crippen molar-refractivity contribution in [3.05, 3.63) is 12.3 Å². The van der Waals surface area contributed by atoms with Gasteiger partial charge in [-0.2, -0.15) is 0 Å². The van der Waals surface area contributed by atoms with E-state index in [2.05, 4.69) is 6.92 Å². The molecule has 0 fully saturated rings. The first-order valence-electron chi connectivity index (χ1n) is 8.48. The Bertz CT molecular complexity index is 392. The zero-order valence-electron chi connectivity index (χ0n) is 14.4. The zero-order chi connectivity index (χ0) is 18.4. The van der Waals surface area contributed by atoms with Crippen LogP contribution in [0.25, 0.3) is 0 Å². The van der Waals surface area contributed by atoms with Gasteiger partial charge >= 0.3 is 11.9 Å². The normalized spacial score (nSPS) is 11.7. The predicted molar refractivity (Wildman–Crippen MR) is 86.9 cm³/mol. The van der Waals surface area contributed by atoms with Crippen molar-refractivity contribution >= 4 is 17.9 Å². The molecule has 0 rings (SSSR count). The van der Waals surface area contributed by atoms with Gasteiger partial charge in [-0.25, -0.2) is 9.59 Å². The van der Waals surface area contributed by atoms with Crippen molar-refractivity contribution in [1.29, 1.82) is 0 Å². The van der Waals surface area contributed by atoms with Gasteiger partial charge in [0.15, 0.2) is 13.1 Å². The molecule has 0 aliphatic heterocycles. The van der Waals surface area contributed by atoms with Gasteiger partial charge in [0.25, 0.3) is 0 Å². The molecule has 0 aromatic rings. The highest BCUT2D eigenvalue weighted by Gasteiger charge is 2.31. The van der Waals surface area contributed by atoms with Crippen LogP contribution in [-0.4, -0.2) is 52.2 Å². The lowest BCUT2D eigenvalue weighted by atomic mass is 10.1. The highest BCUT2D eigenvalue weighted by Crippen LogP contribution is 2.12. The van der Waals surface area contributed by atoms with Gasteiger partial charge in [-0.1, -0.05) is 45.4 Å². The number of carbonyl (C=O) groups excluding carboxylic acids is 1. The number of carbonyl (C=O) groups is 3. The monoisotopic (exact) mass is 343 g/mol. The molecule has 0 heterocycles. The second-order valence-corrected chi connectivity index (χ2v) is 6.15. The van der Waals surface area contributed by atoms with E-state index < -0.39 is 42.0 Å². The van der Waals surface area contributed by atoms with E-state index in [1.165, 1.54) is 31.9 Å².